The van der Waals surface area contributed by atoms with Gasteiger partial charge in [0.2, 0.25) is 11.8 Å². The van der Waals surface area contributed by atoms with Gasteiger partial charge in [0.15, 0.2) is 27.2 Å². The lowest BCUT2D eigenvalue weighted by atomic mass is 10.2. The summed E-state index contributed by atoms with van der Waals surface area (Å²) in [4.78, 5) is 8.35. The summed E-state index contributed by atoms with van der Waals surface area (Å²) >= 11 is 0. The maximum atomic E-state index is 13.2. The zero-order valence-electron chi connectivity index (χ0n) is 17.4. The van der Waals surface area contributed by atoms with Gasteiger partial charge < -0.3 is 14.8 Å². The first kappa shape index (κ1) is 21.2. The van der Waals surface area contributed by atoms with E-state index in [2.05, 4.69) is 25.5 Å². The molecule has 4 rings (SSSR count). The third kappa shape index (κ3) is 4.23. The Morgan fingerprint density at radius 2 is 1.81 bits per heavy atom. The average molecular weight is 445 g/mol. The summed E-state index contributed by atoms with van der Waals surface area (Å²) in [7, 11) is -0.535. The molecule has 11 heteroatoms. The topological polar surface area (TPSA) is 121 Å². The molecule has 3 heterocycles. The molecule has 1 aromatic carbocycles. The van der Waals surface area contributed by atoms with Crippen molar-refractivity contribution in [2.75, 3.05) is 27.3 Å². The minimum atomic E-state index is -3.48. The minimum Gasteiger partial charge on any atom is -0.479 e. The zero-order chi connectivity index (χ0) is 21.8. The Morgan fingerprint density at radius 1 is 1.10 bits per heavy atom. The van der Waals surface area contributed by atoms with Crippen LogP contribution in [0.15, 0.2) is 36.7 Å². The number of rotatable bonds is 7. The summed E-state index contributed by atoms with van der Waals surface area (Å²) in [5.74, 6) is 0.860. The van der Waals surface area contributed by atoms with Crippen molar-refractivity contribution in [3.63, 3.8) is 0 Å². The number of nitrogens with one attached hydrogen (secondary N) is 1. The van der Waals surface area contributed by atoms with Gasteiger partial charge in [-0.25, -0.2) is 8.42 Å². The second-order valence-corrected chi connectivity index (χ2v) is 9.44. The Balaban J connectivity index is 1.88. The van der Waals surface area contributed by atoms with Crippen molar-refractivity contribution in [1.29, 1.82) is 0 Å². The number of nitrogens with zero attached hydrogens (tertiary/aromatic N) is 5. The van der Waals surface area contributed by atoms with E-state index >= 15 is 0 Å². The molecule has 1 aliphatic rings. The van der Waals surface area contributed by atoms with E-state index < -0.39 is 15.1 Å². The Morgan fingerprint density at radius 3 is 2.42 bits per heavy atom. The fourth-order valence-electron chi connectivity index (χ4n) is 3.68. The van der Waals surface area contributed by atoms with Crippen LogP contribution in [0.5, 0.6) is 11.8 Å². The molecule has 0 aliphatic carbocycles. The lowest BCUT2D eigenvalue weighted by molar-refractivity contribution is 0.368. The van der Waals surface area contributed by atoms with Crippen LogP contribution >= 0.6 is 0 Å². The zero-order valence-corrected chi connectivity index (χ0v) is 18.2. The van der Waals surface area contributed by atoms with E-state index in [9.17, 15) is 8.42 Å². The molecule has 1 unspecified atom stereocenters. The molecule has 0 amide bonds. The van der Waals surface area contributed by atoms with Gasteiger partial charge >= 0.3 is 0 Å². The van der Waals surface area contributed by atoms with Crippen molar-refractivity contribution in [1.82, 2.24) is 30.0 Å². The van der Waals surface area contributed by atoms with Crippen molar-refractivity contribution in [3.05, 3.63) is 42.5 Å². The van der Waals surface area contributed by atoms with Crippen molar-refractivity contribution in [2.45, 2.75) is 23.8 Å². The van der Waals surface area contributed by atoms with Gasteiger partial charge in [-0.2, -0.15) is 9.97 Å². The van der Waals surface area contributed by atoms with Gasteiger partial charge in [-0.05, 0) is 19.4 Å². The van der Waals surface area contributed by atoms with Crippen LogP contribution in [-0.2, 0) is 15.6 Å². The number of benzene rings is 1. The lowest BCUT2D eigenvalue weighted by Gasteiger charge is -2.23. The predicted octanol–water partition coefficient (Wildman–Crippen LogP) is 1.41. The van der Waals surface area contributed by atoms with Gasteiger partial charge in [0, 0.05) is 12.1 Å². The third-order valence-corrected chi connectivity index (χ3v) is 7.30. The highest BCUT2D eigenvalue weighted by Gasteiger charge is 2.32. The van der Waals surface area contributed by atoms with Crippen molar-refractivity contribution in [3.8, 4) is 28.8 Å². The molecule has 164 valence electrons. The summed E-state index contributed by atoms with van der Waals surface area (Å²) in [5.41, 5.74) is 1.11. The summed E-state index contributed by atoms with van der Waals surface area (Å²) in [6, 6.07) is 9.36. The quantitative estimate of drug-likeness (QED) is 0.576. The number of methoxy groups -OCH3 is 2. The van der Waals surface area contributed by atoms with Gasteiger partial charge in [-0.3, -0.25) is 4.57 Å². The standard InChI is InChI=1S/C20H24N6O4S/c1-29-19-17(20(30-2)23-13-22-19)26-16(12-31(27,28)15-9-6-10-21-11-15)24-25-18(26)14-7-4-3-5-8-14/h3-5,7-8,13,15,21H,6,9-12H2,1-2H3. The summed E-state index contributed by atoms with van der Waals surface area (Å²) < 4.78 is 38.8. The second kappa shape index (κ2) is 8.98. The van der Waals surface area contributed by atoms with Gasteiger partial charge in [0.25, 0.3) is 0 Å². The molecule has 10 nitrogen and oxygen atoms in total. The maximum Gasteiger partial charge on any atom is 0.245 e. The van der Waals surface area contributed by atoms with E-state index in [1.54, 1.807) is 4.57 Å². The van der Waals surface area contributed by atoms with Crippen LogP contribution in [0, 0.1) is 0 Å². The second-order valence-electron chi connectivity index (χ2n) is 7.16. The molecule has 0 bridgehead atoms. The molecule has 1 fully saturated rings. The van der Waals surface area contributed by atoms with E-state index in [0.717, 1.165) is 18.5 Å². The van der Waals surface area contributed by atoms with Gasteiger partial charge in [-0.15, -0.1) is 10.2 Å². The number of aromatic nitrogens is 5. The summed E-state index contributed by atoms with van der Waals surface area (Å²) in [6.07, 6.45) is 2.76. The predicted molar refractivity (Wildman–Crippen MR) is 114 cm³/mol. The van der Waals surface area contributed by atoms with E-state index in [4.69, 9.17) is 9.47 Å². The Kier molecular flexibility index (Phi) is 6.14. The fourth-order valence-corrected chi connectivity index (χ4v) is 5.36. The molecule has 1 aliphatic heterocycles. The molecule has 0 radical (unpaired) electrons. The Bertz CT molecular complexity index is 1120. The number of sulfone groups is 1. The largest absolute Gasteiger partial charge is 0.479 e. The highest BCUT2D eigenvalue weighted by Crippen LogP contribution is 2.34. The van der Waals surface area contributed by atoms with Gasteiger partial charge in [-0.1, -0.05) is 30.3 Å². The number of ether oxygens (including phenoxy) is 2. The highest BCUT2D eigenvalue weighted by molar-refractivity contribution is 7.91. The van der Waals surface area contributed by atoms with Crippen LogP contribution in [0.4, 0.5) is 0 Å². The molecule has 1 N–H and O–H groups in total. The van der Waals surface area contributed by atoms with Crippen LogP contribution in [0.2, 0.25) is 0 Å². The van der Waals surface area contributed by atoms with Gasteiger partial charge in [0.05, 0.1) is 19.5 Å². The monoisotopic (exact) mass is 444 g/mol. The molecule has 1 atom stereocenters. The van der Waals surface area contributed by atoms with Crippen molar-refractivity contribution >= 4 is 9.84 Å². The molecule has 0 saturated carbocycles. The van der Waals surface area contributed by atoms with Crippen LogP contribution in [0.3, 0.4) is 0 Å². The van der Waals surface area contributed by atoms with Gasteiger partial charge in [0.1, 0.15) is 12.1 Å². The first-order valence-electron chi connectivity index (χ1n) is 9.90. The number of hydrogen-bond acceptors (Lipinski definition) is 9. The minimum absolute atomic E-state index is 0.224. The molecular formula is C20H24N6O4S. The van der Waals surface area contributed by atoms with Crippen molar-refractivity contribution in [2.24, 2.45) is 0 Å². The van der Waals surface area contributed by atoms with E-state index in [0.29, 0.717) is 24.5 Å². The van der Waals surface area contributed by atoms with Crippen LogP contribution in [-0.4, -0.2) is 65.7 Å². The molecule has 1 saturated heterocycles. The van der Waals surface area contributed by atoms with Crippen LogP contribution in [0.25, 0.3) is 17.1 Å². The lowest BCUT2D eigenvalue weighted by Crippen LogP contribution is -2.39. The third-order valence-electron chi connectivity index (χ3n) is 5.22. The molecular weight excluding hydrogens is 420 g/mol. The molecule has 3 aromatic rings. The number of piperidine rings is 1. The Hall–Kier alpha value is -3.05. The summed E-state index contributed by atoms with van der Waals surface area (Å²) in [5, 5.41) is 11.2. The SMILES string of the molecule is COc1ncnc(OC)c1-n1c(CS(=O)(=O)C2CCCNC2)nnc1-c1ccccc1. The molecule has 31 heavy (non-hydrogen) atoms. The van der Waals surface area contributed by atoms with E-state index in [1.165, 1.54) is 20.5 Å². The first-order valence-corrected chi connectivity index (χ1v) is 11.6. The smallest absolute Gasteiger partial charge is 0.245 e. The highest BCUT2D eigenvalue weighted by atomic mass is 32.2. The maximum absolute atomic E-state index is 13.2. The summed E-state index contributed by atoms with van der Waals surface area (Å²) in [6.45, 7) is 1.26. The van der Waals surface area contributed by atoms with E-state index in [1.807, 2.05) is 30.3 Å². The van der Waals surface area contributed by atoms with Crippen molar-refractivity contribution < 1.29 is 17.9 Å². The van der Waals surface area contributed by atoms with Crippen LogP contribution < -0.4 is 14.8 Å². The van der Waals surface area contributed by atoms with E-state index in [-0.39, 0.29) is 23.3 Å². The Labute approximate surface area is 180 Å². The fraction of sp³-hybridized carbons (Fsp3) is 0.400. The van der Waals surface area contributed by atoms with Crippen LogP contribution in [0.1, 0.15) is 18.7 Å². The molecule has 2 aromatic heterocycles. The first-order chi connectivity index (χ1) is 15.0. The average Bonchev–Trinajstić information content (AvgIpc) is 3.21. The normalized spacial score (nSPS) is 16.8. The number of hydrogen-bond donors (Lipinski definition) is 1. The molecule has 0 spiro atoms.